The van der Waals surface area contributed by atoms with Crippen LogP contribution in [0, 0.1) is 6.92 Å². The van der Waals surface area contributed by atoms with Gasteiger partial charge in [0.05, 0.1) is 6.61 Å². The molecule has 6 heteroatoms. The van der Waals surface area contributed by atoms with Crippen LogP contribution < -0.4 is 9.47 Å². The minimum absolute atomic E-state index is 0.0588. The molecule has 0 N–H and O–H groups in total. The van der Waals surface area contributed by atoms with E-state index in [0.29, 0.717) is 28.7 Å². The Morgan fingerprint density at radius 2 is 2.16 bits per heavy atom. The number of carbonyl (C=O) groups excluding carboxylic acids is 1. The minimum atomic E-state index is -0.721. The van der Waals surface area contributed by atoms with Gasteiger partial charge in [0.15, 0.2) is 12.9 Å². The normalized spacial score (nSPS) is 14.2. The molecule has 1 aliphatic heterocycles. The zero-order valence-electron chi connectivity index (χ0n) is 14.1. The summed E-state index contributed by atoms with van der Waals surface area (Å²) in [6.45, 7) is 4.26. The number of aryl methyl sites for hydroxylation is 1. The Morgan fingerprint density at radius 1 is 1.32 bits per heavy atom. The molecule has 0 bridgehead atoms. The van der Waals surface area contributed by atoms with Crippen LogP contribution in [0.3, 0.4) is 0 Å². The maximum atomic E-state index is 12.2. The first kappa shape index (κ1) is 17.6. The highest BCUT2D eigenvalue weighted by Crippen LogP contribution is 2.32. The lowest BCUT2D eigenvalue weighted by Crippen LogP contribution is -2.26. The SMILES string of the molecule is Cc1cccc(O[C@H](C)C(=O)OCc2cc(Cl)cc3c2OCOC3)c1. The number of carbonyl (C=O) groups is 1. The molecule has 0 aromatic heterocycles. The number of ether oxygens (including phenoxy) is 4. The highest BCUT2D eigenvalue weighted by Gasteiger charge is 2.20. The number of esters is 1. The van der Waals surface area contributed by atoms with E-state index in [9.17, 15) is 4.79 Å². The molecule has 0 saturated heterocycles. The van der Waals surface area contributed by atoms with Crippen molar-refractivity contribution < 1.29 is 23.7 Å². The van der Waals surface area contributed by atoms with Gasteiger partial charge in [-0.05, 0) is 43.7 Å². The van der Waals surface area contributed by atoms with Gasteiger partial charge in [-0.1, -0.05) is 23.7 Å². The zero-order chi connectivity index (χ0) is 17.8. The van der Waals surface area contributed by atoms with Crippen LogP contribution in [0.5, 0.6) is 11.5 Å². The van der Waals surface area contributed by atoms with Crippen LogP contribution in [0.1, 0.15) is 23.6 Å². The first-order valence-electron chi connectivity index (χ1n) is 7.95. The van der Waals surface area contributed by atoms with E-state index in [0.717, 1.165) is 11.1 Å². The van der Waals surface area contributed by atoms with E-state index < -0.39 is 12.1 Å². The van der Waals surface area contributed by atoms with Crippen molar-refractivity contribution in [3.8, 4) is 11.5 Å². The molecule has 132 valence electrons. The largest absolute Gasteiger partial charge is 0.479 e. The molecular weight excluding hydrogens is 344 g/mol. The lowest BCUT2D eigenvalue weighted by molar-refractivity contribution is -0.152. The van der Waals surface area contributed by atoms with E-state index in [-0.39, 0.29) is 13.4 Å². The first-order valence-corrected chi connectivity index (χ1v) is 8.32. The summed E-state index contributed by atoms with van der Waals surface area (Å²) in [5.74, 6) is 0.836. The summed E-state index contributed by atoms with van der Waals surface area (Å²) in [6, 6.07) is 11.0. The van der Waals surface area contributed by atoms with Crippen molar-refractivity contribution in [1.29, 1.82) is 0 Å². The van der Waals surface area contributed by atoms with Crippen LogP contribution in [0.15, 0.2) is 36.4 Å². The lowest BCUT2D eigenvalue weighted by Gasteiger charge is -2.21. The molecule has 2 aromatic rings. The number of hydrogen-bond donors (Lipinski definition) is 0. The third-order valence-corrected chi connectivity index (χ3v) is 3.97. The molecule has 3 rings (SSSR count). The predicted molar refractivity (Wildman–Crippen MR) is 92.8 cm³/mol. The Kier molecular flexibility index (Phi) is 5.46. The summed E-state index contributed by atoms with van der Waals surface area (Å²) in [5.41, 5.74) is 2.61. The Bertz CT molecular complexity index is 774. The van der Waals surface area contributed by atoms with Crippen LogP contribution in [-0.4, -0.2) is 18.9 Å². The molecule has 0 aliphatic carbocycles. The van der Waals surface area contributed by atoms with Crippen molar-refractivity contribution in [2.45, 2.75) is 33.2 Å². The van der Waals surface area contributed by atoms with Crippen LogP contribution >= 0.6 is 11.6 Å². The van der Waals surface area contributed by atoms with Crippen molar-refractivity contribution in [1.82, 2.24) is 0 Å². The third-order valence-electron chi connectivity index (χ3n) is 3.76. The van der Waals surface area contributed by atoms with E-state index in [1.54, 1.807) is 25.1 Å². The Morgan fingerprint density at radius 3 is 2.96 bits per heavy atom. The molecule has 0 saturated carbocycles. The molecule has 25 heavy (non-hydrogen) atoms. The monoisotopic (exact) mass is 362 g/mol. The van der Waals surface area contributed by atoms with Gasteiger partial charge in [0, 0.05) is 16.1 Å². The number of hydrogen-bond acceptors (Lipinski definition) is 5. The van der Waals surface area contributed by atoms with E-state index in [2.05, 4.69) is 0 Å². The van der Waals surface area contributed by atoms with Gasteiger partial charge in [0.25, 0.3) is 0 Å². The fourth-order valence-electron chi connectivity index (χ4n) is 2.57. The van der Waals surface area contributed by atoms with Gasteiger partial charge in [0.1, 0.15) is 18.1 Å². The molecule has 1 heterocycles. The first-order chi connectivity index (χ1) is 12.0. The van der Waals surface area contributed by atoms with Crippen LogP contribution in [0.4, 0.5) is 0 Å². The number of rotatable bonds is 5. The molecule has 1 atom stereocenters. The predicted octanol–water partition coefficient (Wildman–Crippen LogP) is 4.03. The van der Waals surface area contributed by atoms with Gasteiger partial charge in [-0.3, -0.25) is 0 Å². The molecule has 0 unspecified atom stereocenters. The van der Waals surface area contributed by atoms with E-state index in [4.69, 9.17) is 30.5 Å². The number of halogens is 1. The molecule has 0 spiro atoms. The molecule has 2 aromatic carbocycles. The quantitative estimate of drug-likeness (QED) is 0.752. The van der Waals surface area contributed by atoms with E-state index >= 15 is 0 Å². The molecular formula is C19H19ClO5. The lowest BCUT2D eigenvalue weighted by atomic mass is 10.1. The van der Waals surface area contributed by atoms with Crippen molar-refractivity contribution in [2.75, 3.05) is 6.79 Å². The van der Waals surface area contributed by atoms with E-state index in [1.807, 2.05) is 25.1 Å². The topological polar surface area (TPSA) is 54.0 Å². The van der Waals surface area contributed by atoms with E-state index in [1.165, 1.54) is 0 Å². The van der Waals surface area contributed by atoms with Crippen molar-refractivity contribution in [3.63, 3.8) is 0 Å². The summed E-state index contributed by atoms with van der Waals surface area (Å²) in [4.78, 5) is 12.2. The Hall–Kier alpha value is -2.24. The van der Waals surface area contributed by atoms with Gasteiger partial charge in [-0.2, -0.15) is 0 Å². The van der Waals surface area contributed by atoms with Crippen LogP contribution in [-0.2, 0) is 27.5 Å². The van der Waals surface area contributed by atoms with Crippen molar-refractivity contribution in [2.24, 2.45) is 0 Å². The third kappa shape index (κ3) is 4.44. The minimum Gasteiger partial charge on any atom is -0.479 e. The second kappa shape index (κ2) is 7.76. The second-order valence-corrected chi connectivity index (χ2v) is 6.28. The molecule has 0 amide bonds. The summed E-state index contributed by atoms with van der Waals surface area (Å²) in [6.07, 6.45) is -0.721. The maximum Gasteiger partial charge on any atom is 0.347 e. The Labute approximate surface area is 151 Å². The Balaban J connectivity index is 1.63. The van der Waals surface area contributed by atoms with Crippen LogP contribution in [0.25, 0.3) is 0 Å². The second-order valence-electron chi connectivity index (χ2n) is 5.85. The van der Waals surface area contributed by atoms with Gasteiger partial charge >= 0.3 is 5.97 Å². The van der Waals surface area contributed by atoms with Crippen molar-refractivity contribution in [3.05, 3.63) is 58.1 Å². The molecule has 1 aliphatic rings. The summed E-state index contributed by atoms with van der Waals surface area (Å²) in [5, 5.41) is 0.544. The molecule has 5 nitrogen and oxygen atoms in total. The zero-order valence-corrected chi connectivity index (χ0v) is 14.8. The van der Waals surface area contributed by atoms with Gasteiger partial charge in [-0.25, -0.2) is 4.79 Å². The molecule has 0 radical (unpaired) electrons. The van der Waals surface area contributed by atoms with Crippen molar-refractivity contribution >= 4 is 17.6 Å². The van der Waals surface area contributed by atoms with Crippen LogP contribution in [0.2, 0.25) is 5.02 Å². The highest BCUT2D eigenvalue weighted by molar-refractivity contribution is 6.30. The average molecular weight is 363 g/mol. The highest BCUT2D eigenvalue weighted by atomic mass is 35.5. The fourth-order valence-corrected chi connectivity index (χ4v) is 2.83. The molecule has 0 fully saturated rings. The number of fused-ring (bicyclic) bond motifs is 1. The summed E-state index contributed by atoms with van der Waals surface area (Å²) < 4.78 is 21.7. The summed E-state index contributed by atoms with van der Waals surface area (Å²) >= 11 is 6.11. The standard InChI is InChI=1S/C19H19ClO5/c1-12-4-3-5-17(6-12)25-13(2)19(21)23-10-15-8-16(20)7-14-9-22-11-24-18(14)15/h3-8,13H,9-11H2,1-2H3/t13-/m1/s1. The van der Waals surface area contributed by atoms with Gasteiger partial charge < -0.3 is 18.9 Å². The fraction of sp³-hybridized carbons (Fsp3) is 0.316. The van der Waals surface area contributed by atoms with Gasteiger partial charge in [-0.15, -0.1) is 0 Å². The summed E-state index contributed by atoms with van der Waals surface area (Å²) in [7, 11) is 0. The van der Waals surface area contributed by atoms with Gasteiger partial charge in [0.2, 0.25) is 0 Å². The maximum absolute atomic E-state index is 12.2. The number of benzene rings is 2. The average Bonchev–Trinajstić information content (AvgIpc) is 2.59. The smallest absolute Gasteiger partial charge is 0.347 e.